The summed E-state index contributed by atoms with van der Waals surface area (Å²) in [5, 5.41) is 3.43. The van der Waals surface area contributed by atoms with Crippen molar-refractivity contribution in [2.24, 2.45) is 13.0 Å². The van der Waals surface area contributed by atoms with Crippen molar-refractivity contribution in [3.05, 3.63) is 24.3 Å². The predicted molar refractivity (Wildman–Crippen MR) is 66.5 cm³/mol. The summed E-state index contributed by atoms with van der Waals surface area (Å²) >= 11 is 0. The van der Waals surface area contributed by atoms with E-state index in [-0.39, 0.29) is 0 Å². The number of aryl methyl sites for hydroxylation is 1. The van der Waals surface area contributed by atoms with Crippen LogP contribution in [0.3, 0.4) is 0 Å². The number of para-hydroxylation sites is 2. The summed E-state index contributed by atoms with van der Waals surface area (Å²) < 4.78 is 2.13. The number of anilines is 1. The van der Waals surface area contributed by atoms with E-state index < -0.39 is 0 Å². The maximum absolute atomic E-state index is 4.58. The Morgan fingerprint density at radius 1 is 1.38 bits per heavy atom. The first-order valence-electron chi connectivity index (χ1n) is 6.00. The molecule has 3 heteroatoms. The lowest BCUT2D eigenvalue weighted by molar-refractivity contribution is 0.751. The zero-order chi connectivity index (χ0) is 11.0. The molecule has 3 nitrogen and oxygen atoms in total. The maximum atomic E-state index is 4.58. The van der Waals surface area contributed by atoms with E-state index in [0.717, 1.165) is 23.9 Å². The molecule has 1 aromatic carbocycles. The molecule has 3 rings (SSSR count). The van der Waals surface area contributed by atoms with Gasteiger partial charge in [0, 0.05) is 13.6 Å². The molecule has 0 unspecified atom stereocenters. The monoisotopic (exact) mass is 215 g/mol. The second kappa shape index (κ2) is 3.81. The van der Waals surface area contributed by atoms with Crippen LogP contribution in [0.15, 0.2) is 24.3 Å². The third-order valence-corrected chi connectivity index (χ3v) is 3.32. The second-order valence-corrected chi connectivity index (χ2v) is 4.64. The zero-order valence-electron chi connectivity index (χ0n) is 9.61. The van der Waals surface area contributed by atoms with E-state index in [1.54, 1.807) is 0 Å². The van der Waals surface area contributed by atoms with Gasteiger partial charge in [-0.25, -0.2) is 4.98 Å². The highest BCUT2D eigenvalue weighted by Crippen LogP contribution is 2.32. The topological polar surface area (TPSA) is 29.9 Å². The molecule has 1 aliphatic rings. The van der Waals surface area contributed by atoms with Crippen LogP contribution in [-0.4, -0.2) is 16.1 Å². The smallest absolute Gasteiger partial charge is 0.203 e. The van der Waals surface area contributed by atoms with Crippen molar-refractivity contribution in [3.8, 4) is 0 Å². The minimum absolute atomic E-state index is 0.974. The van der Waals surface area contributed by atoms with Crippen molar-refractivity contribution < 1.29 is 0 Å². The Kier molecular flexibility index (Phi) is 2.31. The molecule has 1 N–H and O–H groups in total. The fourth-order valence-electron chi connectivity index (χ4n) is 2.10. The molecule has 1 heterocycles. The van der Waals surface area contributed by atoms with Crippen LogP contribution in [0.5, 0.6) is 0 Å². The highest BCUT2D eigenvalue weighted by molar-refractivity contribution is 5.78. The van der Waals surface area contributed by atoms with Crippen molar-refractivity contribution in [3.63, 3.8) is 0 Å². The molecule has 16 heavy (non-hydrogen) atoms. The lowest BCUT2D eigenvalue weighted by Crippen LogP contribution is -2.07. The molecule has 1 saturated carbocycles. The number of hydrogen-bond acceptors (Lipinski definition) is 2. The summed E-state index contributed by atoms with van der Waals surface area (Å²) in [6.45, 7) is 1.04. The van der Waals surface area contributed by atoms with Crippen molar-refractivity contribution in [2.75, 3.05) is 11.9 Å². The van der Waals surface area contributed by atoms with Crippen LogP contribution in [0.2, 0.25) is 0 Å². The van der Waals surface area contributed by atoms with E-state index in [0.29, 0.717) is 0 Å². The van der Waals surface area contributed by atoms with Crippen molar-refractivity contribution >= 4 is 17.0 Å². The summed E-state index contributed by atoms with van der Waals surface area (Å²) in [7, 11) is 2.06. The van der Waals surface area contributed by atoms with Gasteiger partial charge in [0.1, 0.15) is 0 Å². The Bertz CT molecular complexity index is 497. The van der Waals surface area contributed by atoms with E-state index in [9.17, 15) is 0 Å². The van der Waals surface area contributed by atoms with Crippen LogP contribution >= 0.6 is 0 Å². The van der Waals surface area contributed by atoms with Gasteiger partial charge in [0.05, 0.1) is 11.0 Å². The number of rotatable bonds is 4. The Hall–Kier alpha value is -1.51. The number of nitrogens with zero attached hydrogens (tertiary/aromatic N) is 2. The van der Waals surface area contributed by atoms with Crippen molar-refractivity contribution in [1.82, 2.24) is 9.55 Å². The van der Waals surface area contributed by atoms with E-state index in [2.05, 4.69) is 40.1 Å². The van der Waals surface area contributed by atoms with Gasteiger partial charge in [-0.15, -0.1) is 0 Å². The lowest BCUT2D eigenvalue weighted by Gasteiger charge is -2.05. The normalized spacial score (nSPS) is 15.6. The maximum Gasteiger partial charge on any atom is 0.203 e. The fourth-order valence-corrected chi connectivity index (χ4v) is 2.10. The molecule has 1 fully saturated rings. The third kappa shape index (κ3) is 1.77. The number of nitrogens with one attached hydrogen (secondary N) is 1. The SMILES string of the molecule is Cn1c(NCCC2CC2)nc2ccccc21. The van der Waals surface area contributed by atoms with Gasteiger partial charge in [-0.05, 0) is 24.5 Å². The highest BCUT2D eigenvalue weighted by Gasteiger charge is 2.20. The Labute approximate surface area is 95.5 Å². The number of imidazole rings is 1. The molecule has 0 bridgehead atoms. The van der Waals surface area contributed by atoms with E-state index in [1.165, 1.54) is 24.8 Å². The van der Waals surface area contributed by atoms with Gasteiger partial charge in [0.15, 0.2) is 0 Å². The van der Waals surface area contributed by atoms with E-state index >= 15 is 0 Å². The minimum atomic E-state index is 0.974. The molecule has 2 aromatic rings. The third-order valence-electron chi connectivity index (χ3n) is 3.32. The second-order valence-electron chi connectivity index (χ2n) is 4.64. The molecular formula is C13H17N3. The molecule has 0 aliphatic heterocycles. The first-order chi connectivity index (χ1) is 7.84. The standard InChI is InChI=1S/C13H17N3/c1-16-12-5-3-2-4-11(12)15-13(16)14-9-8-10-6-7-10/h2-5,10H,6-9H2,1H3,(H,14,15). The number of fused-ring (bicyclic) bond motifs is 1. The van der Waals surface area contributed by atoms with Gasteiger partial charge >= 0.3 is 0 Å². The Morgan fingerprint density at radius 2 is 2.19 bits per heavy atom. The zero-order valence-corrected chi connectivity index (χ0v) is 9.61. The molecule has 0 spiro atoms. The molecule has 0 atom stereocenters. The van der Waals surface area contributed by atoms with Crippen LogP contribution in [0, 0.1) is 5.92 Å². The van der Waals surface area contributed by atoms with Gasteiger partial charge in [-0.3, -0.25) is 0 Å². The fraction of sp³-hybridized carbons (Fsp3) is 0.462. The summed E-state index contributed by atoms with van der Waals surface area (Å²) in [5.41, 5.74) is 2.26. The van der Waals surface area contributed by atoms with Crippen LogP contribution in [0.4, 0.5) is 5.95 Å². The quantitative estimate of drug-likeness (QED) is 0.850. The van der Waals surface area contributed by atoms with Crippen molar-refractivity contribution in [2.45, 2.75) is 19.3 Å². The van der Waals surface area contributed by atoms with Gasteiger partial charge in [0.25, 0.3) is 0 Å². The first kappa shape index (κ1) is 9.70. The van der Waals surface area contributed by atoms with E-state index in [1.807, 2.05) is 6.07 Å². The van der Waals surface area contributed by atoms with Crippen LogP contribution < -0.4 is 5.32 Å². The molecular weight excluding hydrogens is 198 g/mol. The van der Waals surface area contributed by atoms with Gasteiger partial charge < -0.3 is 9.88 Å². The molecule has 0 saturated heterocycles. The van der Waals surface area contributed by atoms with Crippen LogP contribution in [0.25, 0.3) is 11.0 Å². The molecule has 1 aromatic heterocycles. The number of benzene rings is 1. The highest BCUT2D eigenvalue weighted by atomic mass is 15.2. The van der Waals surface area contributed by atoms with Crippen LogP contribution in [0.1, 0.15) is 19.3 Å². The molecule has 0 amide bonds. The van der Waals surface area contributed by atoms with Gasteiger partial charge in [-0.1, -0.05) is 25.0 Å². The van der Waals surface area contributed by atoms with E-state index in [4.69, 9.17) is 0 Å². The van der Waals surface area contributed by atoms with Gasteiger partial charge in [0.2, 0.25) is 5.95 Å². The average Bonchev–Trinajstić information content (AvgIpc) is 3.06. The Morgan fingerprint density at radius 3 is 2.94 bits per heavy atom. The van der Waals surface area contributed by atoms with Crippen molar-refractivity contribution in [1.29, 1.82) is 0 Å². The van der Waals surface area contributed by atoms with Crippen LogP contribution in [-0.2, 0) is 7.05 Å². The summed E-state index contributed by atoms with van der Waals surface area (Å²) in [4.78, 5) is 4.58. The molecule has 0 radical (unpaired) electrons. The molecule has 1 aliphatic carbocycles. The predicted octanol–water partition coefficient (Wildman–Crippen LogP) is 2.79. The summed E-state index contributed by atoms with van der Waals surface area (Å²) in [5.74, 6) is 1.96. The Balaban J connectivity index is 1.77. The minimum Gasteiger partial charge on any atom is -0.356 e. The largest absolute Gasteiger partial charge is 0.356 e. The lowest BCUT2D eigenvalue weighted by atomic mass is 10.3. The summed E-state index contributed by atoms with van der Waals surface area (Å²) in [6.07, 6.45) is 4.12. The number of aromatic nitrogens is 2. The first-order valence-corrected chi connectivity index (χ1v) is 6.00. The average molecular weight is 215 g/mol. The summed E-state index contributed by atoms with van der Waals surface area (Å²) in [6, 6.07) is 8.25. The number of hydrogen-bond donors (Lipinski definition) is 1. The van der Waals surface area contributed by atoms with Gasteiger partial charge in [-0.2, -0.15) is 0 Å². The molecule has 84 valence electrons.